The van der Waals surface area contributed by atoms with Crippen molar-refractivity contribution in [2.75, 3.05) is 19.6 Å². The molecule has 8 nitrogen and oxygen atoms in total. The fourth-order valence-electron chi connectivity index (χ4n) is 4.76. The van der Waals surface area contributed by atoms with Gasteiger partial charge in [0.25, 0.3) is 5.56 Å². The molecule has 5 rings (SSSR count). The zero-order chi connectivity index (χ0) is 21.7. The van der Waals surface area contributed by atoms with Crippen molar-refractivity contribution in [1.29, 1.82) is 0 Å². The van der Waals surface area contributed by atoms with Crippen molar-refractivity contribution in [2.45, 2.75) is 39.7 Å². The van der Waals surface area contributed by atoms with E-state index in [0.717, 1.165) is 30.2 Å². The molecule has 1 aromatic carbocycles. The van der Waals surface area contributed by atoms with E-state index in [-0.39, 0.29) is 11.2 Å². The van der Waals surface area contributed by atoms with Crippen molar-refractivity contribution < 1.29 is 0 Å². The lowest BCUT2D eigenvalue weighted by Gasteiger charge is -2.26. The standard InChI is InChI=1S/C23H28N6O2/c1-16-17(2)29-19-20(24-22(29)28(16)18-10-6-4-7-11-18)25(3)23(31)27(21(19)30)15-14-26-12-8-5-9-13-26/h4,6-7,10-11H,5,8-9,12-15H2,1-3H3. The Bertz CT molecular complexity index is 1380. The molecule has 1 aliphatic rings. The van der Waals surface area contributed by atoms with Gasteiger partial charge in [-0.15, -0.1) is 0 Å². The lowest BCUT2D eigenvalue weighted by Crippen LogP contribution is -2.43. The number of hydrogen-bond donors (Lipinski definition) is 0. The van der Waals surface area contributed by atoms with E-state index < -0.39 is 0 Å². The minimum absolute atomic E-state index is 0.268. The van der Waals surface area contributed by atoms with Gasteiger partial charge in [-0.3, -0.25) is 22.9 Å². The smallest absolute Gasteiger partial charge is 0.302 e. The lowest BCUT2D eigenvalue weighted by molar-refractivity contribution is 0.218. The summed E-state index contributed by atoms with van der Waals surface area (Å²) >= 11 is 0. The Labute approximate surface area is 180 Å². The van der Waals surface area contributed by atoms with Gasteiger partial charge in [0.1, 0.15) is 0 Å². The Hall–Kier alpha value is -3.13. The molecule has 4 aromatic rings. The van der Waals surface area contributed by atoms with Gasteiger partial charge in [-0.05, 0) is 51.9 Å². The first-order valence-electron chi connectivity index (χ1n) is 11.0. The number of aryl methyl sites for hydroxylation is 2. The Morgan fingerprint density at radius 1 is 0.935 bits per heavy atom. The summed E-state index contributed by atoms with van der Waals surface area (Å²) in [5, 5.41) is 0. The second kappa shape index (κ2) is 7.53. The van der Waals surface area contributed by atoms with E-state index in [0.29, 0.717) is 30.0 Å². The van der Waals surface area contributed by atoms with Crippen LogP contribution in [0.5, 0.6) is 0 Å². The van der Waals surface area contributed by atoms with Crippen molar-refractivity contribution in [3.63, 3.8) is 0 Å². The summed E-state index contributed by atoms with van der Waals surface area (Å²) in [6.07, 6.45) is 3.62. The van der Waals surface area contributed by atoms with Crippen LogP contribution in [-0.4, -0.2) is 47.6 Å². The quantitative estimate of drug-likeness (QED) is 0.508. The topological polar surface area (TPSA) is 69.5 Å². The summed E-state index contributed by atoms with van der Waals surface area (Å²) in [5.74, 6) is 0.650. The van der Waals surface area contributed by atoms with E-state index in [1.54, 1.807) is 7.05 Å². The number of hydrogen-bond acceptors (Lipinski definition) is 4. The fourth-order valence-corrected chi connectivity index (χ4v) is 4.76. The predicted octanol–water partition coefficient (Wildman–Crippen LogP) is 2.24. The Kier molecular flexibility index (Phi) is 4.81. The number of imidazole rings is 2. The van der Waals surface area contributed by atoms with Crippen LogP contribution in [0.1, 0.15) is 30.7 Å². The van der Waals surface area contributed by atoms with E-state index in [1.807, 2.05) is 53.1 Å². The molecule has 3 aromatic heterocycles. The van der Waals surface area contributed by atoms with Gasteiger partial charge in [0.2, 0.25) is 5.78 Å². The molecule has 0 radical (unpaired) electrons. The summed E-state index contributed by atoms with van der Waals surface area (Å²) in [6, 6.07) is 9.96. The maximum absolute atomic E-state index is 13.5. The molecule has 0 saturated carbocycles. The van der Waals surface area contributed by atoms with Crippen LogP contribution in [0.3, 0.4) is 0 Å². The predicted molar refractivity (Wildman–Crippen MR) is 121 cm³/mol. The highest BCUT2D eigenvalue weighted by Gasteiger charge is 2.23. The minimum Gasteiger partial charge on any atom is -0.302 e. The van der Waals surface area contributed by atoms with Crippen molar-refractivity contribution in [3.8, 4) is 5.69 Å². The van der Waals surface area contributed by atoms with E-state index in [1.165, 1.54) is 28.4 Å². The lowest BCUT2D eigenvalue weighted by atomic mass is 10.1. The third kappa shape index (κ3) is 3.05. The molecule has 31 heavy (non-hydrogen) atoms. The normalized spacial score (nSPS) is 15.3. The Balaban J connectivity index is 1.71. The fraction of sp³-hybridized carbons (Fsp3) is 0.435. The van der Waals surface area contributed by atoms with Crippen LogP contribution in [0.15, 0.2) is 39.9 Å². The minimum atomic E-state index is -0.309. The molecule has 4 heterocycles. The molecule has 0 N–H and O–H groups in total. The molecule has 1 aliphatic heterocycles. The van der Waals surface area contributed by atoms with Crippen LogP contribution in [0, 0.1) is 13.8 Å². The molecule has 0 aliphatic carbocycles. The molecule has 1 saturated heterocycles. The van der Waals surface area contributed by atoms with Gasteiger partial charge in [-0.25, -0.2) is 4.79 Å². The molecular formula is C23H28N6O2. The highest BCUT2D eigenvalue weighted by molar-refractivity contribution is 5.77. The van der Waals surface area contributed by atoms with E-state index in [4.69, 9.17) is 4.98 Å². The molecule has 0 spiro atoms. The van der Waals surface area contributed by atoms with Gasteiger partial charge in [-0.1, -0.05) is 24.6 Å². The summed E-state index contributed by atoms with van der Waals surface area (Å²) in [7, 11) is 1.70. The number of rotatable bonds is 4. The van der Waals surface area contributed by atoms with E-state index in [9.17, 15) is 9.59 Å². The third-order valence-electron chi connectivity index (χ3n) is 6.62. The molecular weight excluding hydrogens is 392 g/mol. The number of piperidine rings is 1. The van der Waals surface area contributed by atoms with Gasteiger partial charge in [0.05, 0.1) is 0 Å². The number of fused-ring (bicyclic) bond motifs is 3. The molecule has 0 unspecified atom stereocenters. The van der Waals surface area contributed by atoms with Crippen molar-refractivity contribution in [3.05, 3.63) is 62.6 Å². The maximum atomic E-state index is 13.5. The van der Waals surface area contributed by atoms with Crippen LogP contribution < -0.4 is 11.2 Å². The first kappa shape index (κ1) is 19.8. The van der Waals surface area contributed by atoms with Crippen molar-refractivity contribution in [1.82, 2.24) is 28.0 Å². The Morgan fingerprint density at radius 2 is 1.65 bits per heavy atom. The average Bonchev–Trinajstić information content (AvgIpc) is 3.29. The van der Waals surface area contributed by atoms with Crippen molar-refractivity contribution in [2.24, 2.45) is 7.05 Å². The summed E-state index contributed by atoms with van der Waals surface area (Å²) in [5.41, 5.74) is 3.25. The third-order valence-corrected chi connectivity index (χ3v) is 6.62. The Morgan fingerprint density at radius 3 is 2.35 bits per heavy atom. The van der Waals surface area contributed by atoms with Crippen LogP contribution in [0.2, 0.25) is 0 Å². The van der Waals surface area contributed by atoms with Gasteiger partial charge >= 0.3 is 5.69 Å². The number of aromatic nitrogens is 5. The zero-order valence-corrected chi connectivity index (χ0v) is 18.3. The maximum Gasteiger partial charge on any atom is 0.332 e. The van der Waals surface area contributed by atoms with Crippen molar-refractivity contribution >= 4 is 16.9 Å². The van der Waals surface area contributed by atoms with Gasteiger partial charge in [0.15, 0.2) is 11.2 Å². The SMILES string of the molecule is Cc1c(C)n2c3c(=O)n(CCN4CCCCC4)c(=O)n(C)c3nc2n1-c1ccccc1. The average molecular weight is 421 g/mol. The molecule has 8 heteroatoms. The highest BCUT2D eigenvalue weighted by Crippen LogP contribution is 2.24. The molecule has 0 amide bonds. The summed E-state index contributed by atoms with van der Waals surface area (Å²) in [4.78, 5) is 33.6. The van der Waals surface area contributed by atoms with Crippen LogP contribution >= 0.6 is 0 Å². The zero-order valence-electron chi connectivity index (χ0n) is 18.3. The highest BCUT2D eigenvalue weighted by atomic mass is 16.2. The van der Waals surface area contributed by atoms with Gasteiger partial charge in [0, 0.05) is 37.2 Å². The number of para-hydroxylation sites is 1. The first-order valence-corrected chi connectivity index (χ1v) is 11.0. The summed E-state index contributed by atoms with van der Waals surface area (Å²) < 4.78 is 6.82. The molecule has 1 fully saturated rings. The van der Waals surface area contributed by atoms with Crippen LogP contribution in [-0.2, 0) is 13.6 Å². The molecule has 0 bridgehead atoms. The molecule has 162 valence electrons. The van der Waals surface area contributed by atoms with Crippen LogP contribution in [0.25, 0.3) is 22.6 Å². The number of benzene rings is 1. The second-order valence-corrected chi connectivity index (χ2v) is 8.46. The number of nitrogens with zero attached hydrogens (tertiary/aromatic N) is 6. The monoisotopic (exact) mass is 420 g/mol. The van der Waals surface area contributed by atoms with Gasteiger partial charge in [-0.2, -0.15) is 4.98 Å². The number of likely N-dealkylation sites (tertiary alicyclic amines) is 1. The molecule has 0 atom stereocenters. The largest absolute Gasteiger partial charge is 0.332 e. The van der Waals surface area contributed by atoms with Gasteiger partial charge < -0.3 is 4.90 Å². The second-order valence-electron chi connectivity index (χ2n) is 8.46. The van der Waals surface area contributed by atoms with E-state index >= 15 is 0 Å². The van der Waals surface area contributed by atoms with E-state index in [2.05, 4.69) is 4.90 Å². The first-order chi connectivity index (χ1) is 15.0. The summed E-state index contributed by atoms with van der Waals surface area (Å²) in [6.45, 7) is 7.20. The van der Waals surface area contributed by atoms with Crippen LogP contribution in [0.4, 0.5) is 0 Å².